The van der Waals surface area contributed by atoms with Gasteiger partial charge in [0.05, 0.1) is 66.4 Å². The number of hydrogen-bond donors (Lipinski definition) is 1. The summed E-state index contributed by atoms with van der Waals surface area (Å²) in [5.74, 6) is 0.945. The van der Waals surface area contributed by atoms with E-state index in [9.17, 15) is 0 Å². The topological polar surface area (TPSA) is 145 Å². The fraction of sp³-hybridized carbons (Fsp3) is 0. The van der Waals surface area contributed by atoms with Gasteiger partial charge in [0.1, 0.15) is 21.9 Å². The third-order valence-corrected chi connectivity index (χ3v) is 17.9. The molecule has 13 heteroatoms. The first-order valence-corrected chi connectivity index (χ1v) is 25.4. The van der Waals surface area contributed by atoms with Crippen LogP contribution in [0.1, 0.15) is 4.88 Å². The third kappa shape index (κ3) is 6.03. The van der Waals surface area contributed by atoms with Crippen LogP contribution >= 0.6 is 21.4 Å². The van der Waals surface area contributed by atoms with Gasteiger partial charge < -0.3 is 13.8 Å². The first-order valence-electron chi connectivity index (χ1n) is 23.0. The van der Waals surface area contributed by atoms with Crippen LogP contribution in [0, 0.1) is 0 Å². The summed E-state index contributed by atoms with van der Waals surface area (Å²) in [4.78, 5) is 48.8. The Bertz CT molecular complexity index is 4390. The number of pyridine rings is 3. The minimum atomic E-state index is -2.90. The third-order valence-electron chi connectivity index (χ3n) is 13.1. The molecule has 0 bridgehead atoms. The highest BCUT2D eigenvalue weighted by Gasteiger charge is 2.52. The van der Waals surface area contributed by atoms with E-state index in [1.807, 2.05) is 128 Å². The van der Waals surface area contributed by atoms with Gasteiger partial charge in [-0.1, -0.05) is 88.9 Å². The predicted octanol–water partition coefficient (Wildman–Crippen LogP) is 15.0. The van der Waals surface area contributed by atoms with E-state index in [4.69, 9.17) is 48.7 Å². The number of benzene rings is 6. The molecule has 1 unspecified atom stereocenters. The number of furan rings is 1. The van der Waals surface area contributed by atoms with Crippen molar-refractivity contribution in [1.82, 2.24) is 39.9 Å². The zero-order valence-corrected chi connectivity index (χ0v) is 38.8. The van der Waals surface area contributed by atoms with E-state index in [0.717, 1.165) is 62.8 Å². The Hall–Kier alpha value is -9.17. The quantitative estimate of drug-likeness (QED) is 0.165. The summed E-state index contributed by atoms with van der Waals surface area (Å²) < 4.78 is 15.3. The minimum Gasteiger partial charge on any atom is -0.456 e. The van der Waals surface area contributed by atoms with Gasteiger partial charge in [-0.25, -0.2) is 29.9 Å². The van der Waals surface area contributed by atoms with E-state index >= 15 is 0 Å². The molecular weight excluding hydrogens is 919 g/mol. The number of nitrogens with one attached hydrogen (secondary N) is 1. The molecule has 334 valence electrons. The van der Waals surface area contributed by atoms with Crippen molar-refractivity contribution < 1.29 is 8.83 Å². The highest BCUT2D eigenvalue weighted by molar-refractivity contribution is 8.46. The van der Waals surface area contributed by atoms with Crippen LogP contribution in [0.15, 0.2) is 223 Å². The molecular formula is C58H33N9O2S2. The molecule has 0 amide bonds. The van der Waals surface area contributed by atoms with Gasteiger partial charge in [-0.2, -0.15) is 0 Å². The van der Waals surface area contributed by atoms with Crippen LogP contribution in [-0.2, 0) is 0 Å². The fourth-order valence-electron chi connectivity index (χ4n) is 9.98. The Morgan fingerprint density at radius 3 is 2.08 bits per heavy atom. The largest absolute Gasteiger partial charge is 0.456 e. The van der Waals surface area contributed by atoms with Gasteiger partial charge in [-0.05, 0) is 102 Å². The first kappa shape index (κ1) is 39.8. The van der Waals surface area contributed by atoms with Gasteiger partial charge in [0, 0.05) is 43.9 Å². The molecule has 6 aromatic carbocycles. The summed E-state index contributed by atoms with van der Waals surface area (Å²) in [6.45, 7) is 0. The standard InChI is InChI=1S/C58H33N9O2S2/c1-8-22-43-34(14-1)30-45(68-43)51-49(41-27-26-33-16-13-29-60-55(33)63-41)50(42-32-61-36-17-3-4-18-37(36)62-42)52(56-64-40-21-7-9-23-44(40)69-56)54-53(51)67-57(47-31-35-15-2-10-24-46(35)70-47)71(54,48-25-11-12-28-59-48)58-65-38-19-5-6-20-39(38)66-58/h1-32H,(H,65,66). The van der Waals surface area contributed by atoms with Gasteiger partial charge in [0.2, 0.25) is 5.89 Å². The molecule has 1 aliphatic heterocycles. The number of oxazole rings is 1. The lowest BCUT2D eigenvalue weighted by Crippen LogP contribution is -2.16. The summed E-state index contributed by atoms with van der Waals surface area (Å²) in [6.07, 6.45) is 5.45. The second kappa shape index (κ2) is 15.4. The van der Waals surface area contributed by atoms with Crippen molar-refractivity contribution in [2.24, 2.45) is 4.99 Å². The zero-order valence-electron chi connectivity index (χ0n) is 37.2. The average molecular weight is 952 g/mol. The smallest absolute Gasteiger partial charge is 0.229 e. The van der Waals surface area contributed by atoms with Crippen LogP contribution in [0.2, 0.25) is 0 Å². The van der Waals surface area contributed by atoms with Crippen molar-refractivity contribution in [2.75, 3.05) is 0 Å². The second-order valence-electron chi connectivity index (χ2n) is 17.2. The number of aromatic amines is 1. The SMILES string of the molecule is c1ccc(S2(c3nc4ccccc4[nH]3)C(c3cc4ccccc4s3)=Nc3c(-c4cc5ccccc5o4)c(-c4ccc5cccnc5n4)c(-c4cnc5ccccc5n4)c(-c4nc5ccccc5o4)c32)nc1. The Morgan fingerprint density at radius 2 is 1.24 bits per heavy atom. The highest BCUT2D eigenvalue weighted by atomic mass is 32.3. The maximum Gasteiger partial charge on any atom is 0.229 e. The second-order valence-corrected chi connectivity index (χ2v) is 21.1. The molecule has 1 N–H and O–H groups in total. The lowest BCUT2D eigenvalue weighted by atomic mass is 9.88. The van der Waals surface area contributed by atoms with E-state index in [1.165, 1.54) is 0 Å². The number of fused-ring (bicyclic) bond motifs is 7. The van der Waals surface area contributed by atoms with Crippen LogP contribution in [0.4, 0.5) is 5.69 Å². The van der Waals surface area contributed by atoms with Crippen LogP contribution in [0.3, 0.4) is 0 Å². The number of aromatic nitrogens is 8. The van der Waals surface area contributed by atoms with Gasteiger partial charge in [0.15, 0.2) is 16.4 Å². The molecule has 11 nitrogen and oxygen atoms in total. The molecule has 71 heavy (non-hydrogen) atoms. The molecule has 1 aliphatic rings. The number of hydrogen-bond acceptors (Lipinski definition) is 11. The molecule has 0 fully saturated rings. The molecule has 15 rings (SSSR count). The summed E-state index contributed by atoms with van der Waals surface area (Å²) in [6, 6.07) is 58.8. The van der Waals surface area contributed by atoms with E-state index < -0.39 is 10.0 Å². The van der Waals surface area contributed by atoms with E-state index in [1.54, 1.807) is 17.5 Å². The van der Waals surface area contributed by atoms with Gasteiger partial charge in [-0.3, -0.25) is 9.97 Å². The Morgan fingerprint density at radius 1 is 0.493 bits per heavy atom. The highest BCUT2D eigenvalue weighted by Crippen LogP contribution is 2.78. The normalized spacial score (nSPS) is 15.5. The predicted molar refractivity (Wildman–Crippen MR) is 282 cm³/mol. The molecule has 1 atom stereocenters. The lowest BCUT2D eigenvalue weighted by Gasteiger charge is -2.36. The van der Waals surface area contributed by atoms with Gasteiger partial charge >= 0.3 is 0 Å². The van der Waals surface area contributed by atoms with Crippen molar-refractivity contribution in [3.63, 3.8) is 0 Å². The maximum atomic E-state index is 7.10. The summed E-state index contributed by atoms with van der Waals surface area (Å²) in [5, 5.41) is 5.17. The molecule has 9 heterocycles. The minimum absolute atomic E-state index is 0.362. The molecule has 0 saturated heterocycles. The van der Waals surface area contributed by atoms with E-state index in [0.29, 0.717) is 78.4 Å². The van der Waals surface area contributed by atoms with Crippen molar-refractivity contribution in [3.8, 4) is 45.3 Å². The fourth-order valence-corrected chi connectivity index (χ4v) is 15.1. The molecule has 8 aromatic heterocycles. The van der Waals surface area contributed by atoms with Crippen LogP contribution in [0.25, 0.3) is 111 Å². The number of rotatable bonds is 7. The molecule has 14 aromatic rings. The lowest BCUT2D eigenvalue weighted by molar-refractivity contribution is 0.618. The summed E-state index contributed by atoms with van der Waals surface area (Å²) in [7, 11) is -2.90. The number of aliphatic imine (C=N–C) groups is 1. The number of nitrogens with zero attached hydrogens (tertiary/aromatic N) is 8. The molecule has 0 aliphatic carbocycles. The van der Waals surface area contributed by atoms with E-state index in [-0.39, 0.29) is 0 Å². The summed E-state index contributed by atoms with van der Waals surface area (Å²) in [5.41, 5.74) is 10.3. The number of H-pyrrole nitrogens is 1. The molecule has 0 radical (unpaired) electrons. The first-order chi connectivity index (χ1) is 35.2. The van der Waals surface area contributed by atoms with Gasteiger partial charge in [-0.15, -0.1) is 11.3 Å². The maximum absolute atomic E-state index is 7.10. The van der Waals surface area contributed by atoms with Crippen LogP contribution in [-0.4, -0.2) is 44.9 Å². The van der Waals surface area contributed by atoms with Crippen molar-refractivity contribution in [3.05, 3.63) is 199 Å². The van der Waals surface area contributed by atoms with Crippen molar-refractivity contribution in [1.29, 1.82) is 0 Å². The number of imidazole rings is 1. The summed E-state index contributed by atoms with van der Waals surface area (Å²) >= 11 is 1.69. The van der Waals surface area contributed by atoms with Gasteiger partial charge in [0.25, 0.3) is 0 Å². The molecule has 0 saturated carbocycles. The Kier molecular flexibility index (Phi) is 8.64. The Balaban J connectivity index is 1.23. The van der Waals surface area contributed by atoms with Crippen molar-refractivity contribution >= 4 is 97.4 Å². The molecule has 0 spiro atoms. The monoisotopic (exact) mass is 951 g/mol. The van der Waals surface area contributed by atoms with Crippen molar-refractivity contribution in [2.45, 2.75) is 15.1 Å². The Labute approximate surface area is 408 Å². The van der Waals surface area contributed by atoms with Crippen LogP contribution in [0.5, 0.6) is 0 Å². The number of thiophene rings is 1. The van der Waals surface area contributed by atoms with Crippen LogP contribution < -0.4 is 0 Å². The number of para-hydroxylation sites is 7. The zero-order chi connectivity index (χ0) is 46.6. The average Bonchev–Trinajstić information content (AvgIpc) is 4.28. The van der Waals surface area contributed by atoms with E-state index in [2.05, 4.69) is 65.6 Å².